The first-order valence-electron chi connectivity index (χ1n) is 3.71. The summed E-state index contributed by atoms with van der Waals surface area (Å²) in [5, 5.41) is 0. The molecule has 0 radical (unpaired) electrons. The first-order chi connectivity index (χ1) is 5.06. The molecule has 0 aromatic rings. The molecule has 1 heteroatoms. The van der Waals surface area contributed by atoms with Crippen molar-refractivity contribution in [1.82, 2.24) is 0 Å². The average Bonchev–Trinajstić information content (AvgIpc) is 1.84. The standard InChI is InChI=1S/C10H16O/c1-6-10(7-8(2)3)11-9(4)5/h6-7H,4H2,1-3,5H3/b10-6+. The first kappa shape index (κ1) is 10.0. The molecule has 0 atom stereocenters. The molecule has 0 heterocycles. The van der Waals surface area contributed by atoms with Gasteiger partial charge in [-0.25, -0.2) is 0 Å². The van der Waals surface area contributed by atoms with Crippen molar-refractivity contribution in [3.63, 3.8) is 0 Å². The largest absolute Gasteiger partial charge is 0.463 e. The second-order valence-corrected chi connectivity index (χ2v) is 2.72. The summed E-state index contributed by atoms with van der Waals surface area (Å²) in [6.07, 6.45) is 3.90. The lowest BCUT2D eigenvalue weighted by Crippen LogP contribution is -1.85. The highest BCUT2D eigenvalue weighted by Crippen LogP contribution is 2.07. The fourth-order valence-electron chi connectivity index (χ4n) is 0.657. The van der Waals surface area contributed by atoms with Crippen LogP contribution in [0.3, 0.4) is 0 Å². The zero-order chi connectivity index (χ0) is 8.85. The van der Waals surface area contributed by atoms with Crippen molar-refractivity contribution in [3.05, 3.63) is 35.8 Å². The van der Waals surface area contributed by atoms with Crippen molar-refractivity contribution in [3.8, 4) is 0 Å². The molecule has 0 aromatic heterocycles. The SMILES string of the molecule is C=C(C)O/C(C=C(C)C)=C/C. The maximum absolute atomic E-state index is 5.30. The molecule has 0 bridgehead atoms. The number of ether oxygens (including phenoxy) is 1. The van der Waals surface area contributed by atoms with E-state index >= 15 is 0 Å². The topological polar surface area (TPSA) is 9.23 Å². The third-order valence-corrected chi connectivity index (χ3v) is 1.01. The van der Waals surface area contributed by atoms with Crippen LogP contribution in [0.2, 0.25) is 0 Å². The van der Waals surface area contributed by atoms with Gasteiger partial charge < -0.3 is 4.74 Å². The molecule has 0 aliphatic carbocycles. The number of hydrogen-bond donors (Lipinski definition) is 0. The summed E-state index contributed by atoms with van der Waals surface area (Å²) >= 11 is 0. The quantitative estimate of drug-likeness (QED) is 0.445. The molecule has 0 aliphatic rings. The lowest BCUT2D eigenvalue weighted by Gasteiger charge is -2.04. The number of rotatable bonds is 3. The molecule has 11 heavy (non-hydrogen) atoms. The van der Waals surface area contributed by atoms with Gasteiger partial charge in [-0.1, -0.05) is 12.2 Å². The molecule has 0 saturated carbocycles. The van der Waals surface area contributed by atoms with Crippen molar-refractivity contribution in [2.24, 2.45) is 0 Å². The number of allylic oxidation sites excluding steroid dienone is 4. The van der Waals surface area contributed by atoms with Gasteiger partial charge in [-0.15, -0.1) is 0 Å². The smallest absolute Gasteiger partial charge is 0.122 e. The van der Waals surface area contributed by atoms with Crippen molar-refractivity contribution in [2.45, 2.75) is 27.7 Å². The Labute approximate surface area is 69.1 Å². The molecule has 62 valence electrons. The van der Waals surface area contributed by atoms with E-state index in [1.807, 2.05) is 39.8 Å². The maximum Gasteiger partial charge on any atom is 0.122 e. The van der Waals surface area contributed by atoms with Crippen molar-refractivity contribution in [1.29, 1.82) is 0 Å². The summed E-state index contributed by atoms with van der Waals surface area (Å²) in [6, 6.07) is 0. The minimum Gasteiger partial charge on any atom is -0.463 e. The molecule has 1 nitrogen and oxygen atoms in total. The summed E-state index contributed by atoms with van der Waals surface area (Å²) in [7, 11) is 0. The molecule has 0 saturated heterocycles. The lowest BCUT2D eigenvalue weighted by molar-refractivity contribution is 0.323. The molecule has 0 aliphatic heterocycles. The molecule has 0 N–H and O–H groups in total. The molecule has 0 amide bonds. The molecular formula is C10H16O. The average molecular weight is 152 g/mol. The normalized spacial score (nSPS) is 10.7. The van der Waals surface area contributed by atoms with Crippen LogP contribution >= 0.6 is 0 Å². The van der Waals surface area contributed by atoms with Gasteiger partial charge in [0.15, 0.2) is 0 Å². The highest BCUT2D eigenvalue weighted by molar-refractivity contribution is 5.16. The van der Waals surface area contributed by atoms with E-state index in [0.29, 0.717) is 0 Å². The van der Waals surface area contributed by atoms with Gasteiger partial charge in [0.1, 0.15) is 5.76 Å². The highest BCUT2D eigenvalue weighted by atomic mass is 16.5. The van der Waals surface area contributed by atoms with Crippen molar-refractivity contribution < 1.29 is 4.74 Å². The van der Waals surface area contributed by atoms with Crippen molar-refractivity contribution in [2.75, 3.05) is 0 Å². The van der Waals surface area contributed by atoms with Gasteiger partial charge in [-0.2, -0.15) is 0 Å². The second kappa shape index (κ2) is 4.78. The van der Waals surface area contributed by atoms with Gasteiger partial charge in [0.05, 0.1) is 5.76 Å². The Kier molecular flexibility index (Phi) is 4.35. The minimum absolute atomic E-state index is 0.718. The van der Waals surface area contributed by atoms with Crippen LogP contribution in [0.5, 0.6) is 0 Å². The van der Waals surface area contributed by atoms with E-state index in [-0.39, 0.29) is 0 Å². The van der Waals surface area contributed by atoms with Crippen molar-refractivity contribution >= 4 is 0 Å². The summed E-state index contributed by atoms with van der Waals surface area (Å²) in [6.45, 7) is 11.5. The van der Waals surface area contributed by atoms with Crippen LogP contribution in [0.4, 0.5) is 0 Å². The first-order valence-corrected chi connectivity index (χ1v) is 3.71. The van der Waals surface area contributed by atoms with E-state index in [1.165, 1.54) is 5.57 Å². The molecule has 0 rings (SSSR count). The van der Waals surface area contributed by atoms with E-state index in [2.05, 4.69) is 6.58 Å². The zero-order valence-electron chi connectivity index (χ0n) is 7.77. The van der Waals surface area contributed by atoms with Crippen LogP contribution in [-0.2, 0) is 4.74 Å². The monoisotopic (exact) mass is 152 g/mol. The van der Waals surface area contributed by atoms with E-state index < -0.39 is 0 Å². The summed E-state index contributed by atoms with van der Waals surface area (Å²) < 4.78 is 5.30. The van der Waals surface area contributed by atoms with Gasteiger partial charge in [0.25, 0.3) is 0 Å². The van der Waals surface area contributed by atoms with Crippen LogP contribution in [0.1, 0.15) is 27.7 Å². The fraction of sp³-hybridized carbons (Fsp3) is 0.400. The lowest BCUT2D eigenvalue weighted by atomic mass is 10.3. The van der Waals surface area contributed by atoms with Crippen LogP contribution in [-0.4, -0.2) is 0 Å². The molecule has 0 spiro atoms. The fourth-order valence-corrected chi connectivity index (χ4v) is 0.657. The Morgan fingerprint density at radius 3 is 2.09 bits per heavy atom. The summed E-state index contributed by atoms with van der Waals surface area (Å²) in [5.74, 6) is 1.58. The highest BCUT2D eigenvalue weighted by Gasteiger charge is 1.91. The predicted molar refractivity (Wildman–Crippen MR) is 49.1 cm³/mol. The Balaban J connectivity index is 4.22. The van der Waals surface area contributed by atoms with Gasteiger partial charge in [0.2, 0.25) is 0 Å². The van der Waals surface area contributed by atoms with Crippen LogP contribution in [0, 0.1) is 0 Å². The third kappa shape index (κ3) is 5.46. The van der Waals surface area contributed by atoms with Gasteiger partial charge in [-0.3, -0.25) is 0 Å². The Morgan fingerprint density at radius 1 is 1.27 bits per heavy atom. The van der Waals surface area contributed by atoms with E-state index in [4.69, 9.17) is 4.74 Å². The predicted octanol–water partition coefficient (Wildman–Crippen LogP) is 3.41. The summed E-state index contributed by atoms with van der Waals surface area (Å²) in [5.41, 5.74) is 1.22. The van der Waals surface area contributed by atoms with E-state index in [1.54, 1.807) is 0 Å². The van der Waals surface area contributed by atoms with E-state index in [0.717, 1.165) is 11.5 Å². The third-order valence-electron chi connectivity index (χ3n) is 1.01. The second-order valence-electron chi connectivity index (χ2n) is 2.72. The molecule has 0 unspecified atom stereocenters. The van der Waals surface area contributed by atoms with Gasteiger partial charge >= 0.3 is 0 Å². The Hall–Kier alpha value is -0.980. The Bertz CT molecular complexity index is 193. The molecule has 0 aromatic carbocycles. The van der Waals surface area contributed by atoms with Gasteiger partial charge in [-0.05, 0) is 39.8 Å². The van der Waals surface area contributed by atoms with Gasteiger partial charge in [0, 0.05) is 0 Å². The van der Waals surface area contributed by atoms with Crippen LogP contribution < -0.4 is 0 Å². The van der Waals surface area contributed by atoms with Crippen LogP contribution in [0.25, 0.3) is 0 Å². The number of hydrogen-bond acceptors (Lipinski definition) is 1. The van der Waals surface area contributed by atoms with Crippen LogP contribution in [0.15, 0.2) is 35.8 Å². The molecule has 0 fully saturated rings. The molecular weight excluding hydrogens is 136 g/mol. The van der Waals surface area contributed by atoms with E-state index in [9.17, 15) is 0 Å². The minimum atomic E-state index is 0.718. The summed E-state index contributed by atoms with van der Waals surface area (Å²) in [4.78, 5) is 0. The Morgan fingerprint density at radius 2 is 1.82 bits per heavy atom. The zero-order valence-corrected chi connectivity index (χ0v) is 7.77. The maximum atomic E-state index is 5.30.